The van der Waals surface area contributed by atoms with E-state index in [0.717, 1.165) is 18.4 Å². The van der Waals surface area contributed by atoms with E-state index in [1.54, 1.807) is 0 Å². The fourth-order valence-corrected chi connectivity index (χ4v) is 4.27. The smallest absolute Gasteiger partial charge is 0.355 e. The number of aromatic carboxylic acids is 1. The van der Waals surface area contributed by atoms with Gasteiger partial charge in [0.15, 0.2) is 5.69 Å². The van der Waals surface area contributed by atoms with E-state index < -0.39 is 5.97 Å². The summed E-state index contributed by atoms with van der Waals surface area (Å²) in [6, 6.07) is -0.204. The summed E-state index contributed by atoms with van der Waals surface area (Å²) < 4.78 is 0. The summed E-state index contributed by atoms with van der Waals surface area (Å²) in [6.07, 6.45) is 5.27. The summed E-state index contributed by atoms with van der Waals surface area (Å²) in [4.78, 5) is 26.4. The molecule has 1 heterocycles. The van der Waals surface area contributed by atoms with E-state index in [2.05, 4.69) is 15.6 Å². The molecule has 7 heteroatoms. The highest BCUT2D eigenvalue weighted by Crippen LogP contribution is 2.47. The summed E-state index contributed by atoms with van der Waals surface area (Å²) in [5.41, 5.74) is 0.0270. The third-order valence-electron chi connectivity index (χ3n) is 4.58. The van der Waals surface area contributed by atoms with Crippen LogP contribution in [0.25, 0.3) is 0 Å². The largest absolute Gasteiger partial charge is 0.476 e. The van der Waals surface area contributed by atoms with Gasteiger partial charge < -0.3 is 15.7 Å². The van der Waals surface area contributed by atoms with Crippen LogP contribution < -0.4 is 10.6 Å². The van der Waals surface area contributed by atoms with E-state index >= 15 is 0 Å². The van der Waals surface area contributed by atoms with Crippen LogP contribution >= 0.6 is 11.3 Å². The Morgan fingerprint density at radius 3 is 2.81 bits per heavy atom. The summed E-state index contributed by atoms with van der Waals surface area (Å²) in [5, 5.41) is 16.5. The number of fused-ring (bicyclic) bond motifs is 2. The Hall–Kier alpha value is -1.63. The van der Waals surface area contributed by atoms with E-state index in [1.165, 1.54) is 42.4 Å². The number of carboxylic acid groups (broad SMARTS) is 1. The average molecular weight is 309 g/mol. The first-order valence-corrected chi connectivity index (χ1v) is 8.19. The molecule has 3 unspecified atom stereocenters. The van der Waals surface area contributed by atoms with Gasteiger partial charge in [-0.05, 0) is 37.0 Å². The van der Waals surface area contributed by atoms with Gasteiger partial charge in [-0.2, -0.15) is 0 Å². The van der Waals surface area contributed by atoms with Gasteiger partial charge in [-0.1, -0.05) is 6.42 Å². The van der Waals surface area contributed by atoms with Gasteiger partial charge >= 0.3 is 12.0 Å². The van der Waals surface area contributed by atoms with Crippen LogP contribution in [0.4, 0.5) is 4.79 Å². The molecule has 0 aliphatic heterocycles. The molecule has 1 aromatic rings. The zero-order valence-electron chi connectivity index (χ0n) is 11.7. The SMILES string of the molecule is O=C(NCc1nc(C(=O)O)cs1)NCC1CC2CCC1C2. The van der Waals surface area contributed by atoms with Gasteiger partial charge in [-0.25, -0.2) is 14.6 Å². The van der Waals surface area contributed by atoms with E-state index in [-0.39, 0.29) is 18.3 Å². The summed E-state index contributed by atoms with van der Waals surface area (Å²) >= 11 is 1.24. The molecule has 6 nitrogen and oxygen atoms in total. The highest BCUT2D eigenvalue weighted by Gasteiger charge is 2.39. The molecule has 3 rings (SSSR count). The zero-order valence-corrected chi connectivity index (χ0v) is 12.5. The Morgan fingerprint density at radius 2 is 2.19 bits per heavy atom. The van der Waals surface area contributed by atoms with Gasteiger partial charge in [-0.3, -0.25) is 0 Å². The second-order valence-corrected chi connectivity index (χ2v) is 6.87. The minimum absolute atomic E-state index is 0.0270. The summed E-state index contributed by atoms with van der Waals surface area (Å²) in [6.45, 7) is 1.01. The van der Waals surface area contributed by atoms with Gasteiger partial charge in [-0.15, -0.1) is 11.3 Å². The normalized spacial score (nSPS) is 26.8. The van der Waals surface area contributed by atoms with Crippen LogP contribution in [0.3, 0.4) is 0 Å². The molecule has 3 atom stereocenters. The molecule has 0 saturated heterocycles. The molecule has 0 radical (unpaired) electrons. The van der Waals surface area contributed by atoms with Crippen molar-refractivity contribution in [3.8, 4) is 0 Å². The Kier molecular flexibility index (Phi) is 4.10. The van der Waals surface area contributed by atoms with Crippen LogP contribution in [0.5, 0.6) is 0 Å². The Bertz CT molecular complexity index is 545. The van der Waals surface area contributed by atoms with Crippen LogP contribution in [0.2, 0.25) is 0 Å². The first kappa shape index (κ1) is 14.3. The maximum atomic E-state index is 11.8. The number of hydrogen-bond acceptors (Lipinski definition) is 4. The topological polar surface area (TPSA) is 91.3 Å². The second-order valence-electron chi connectivity index (χ2n) is 5.93. The third kappa shape index (κ3) is 3.34. The molecule has 2 aliphatic rings. The van der Waals surface area contributed by atoms with Crippen molar-refractivity contribution < 1.29 is 14.7 Å². The lowest BCUT2D eigenvalue weighted by atomic mass is 9.89. The van der Waals surface area contributed by atoms with Crippen LogP contribution in [0, 0.1) is 17.8 Å². The van der Waals surface area contributed by atoms with E-state index in [9.17, 15) is 9.59 Å². The first-order valence-electron chi connectivity index (χ1n) is 7.31. The minimum atomic E-state index is -1.04. The number of nitrogens with zero attached hydrogens (tertiary/aromatic N) is 1. The number of carbonyl (C=O) groups is 2. The highest BCUT2D eigenvalue weighted by molar-refractivity contribution is 7.09. The molecule has 21 heavy (non-hydrogen) atoms. The molecule has 2 aliphatic carbocycles. The maximum Gasteiger partial charge on any atom is 0.355 e. The number of carbonyl (C=O) groups excluding carboxylic acids is 1. The lowest BCUT2D eigenvalue weighted by Gasteiger charge is -2.21. The van der Waals surface area contributed by atoms with Crippen molar-refractivity contribution in [2.75, 3.05) is 6.54 Å². The predicted molar refractivity (Wildman–Crippen MR) is 78.2 cm³/mol. The zero-order chi connectivity index (χ0) is 14.8. The van der Waals surface area contributed by atoms with Crippen LogP contribution in [0.15, 0.2) is 5.38 Å². The van der Waals surface area contributed by atoms with Crippen molar-refractivity contribution in [2.45, 2.75) is 32.2 Å². The molecular formula is C14H19N3O3S. The molecule has 1 aromatic heterocycles. The number of aromatic nitrogens is 1. The lowest BCUT2D eigenvalue weighted by Crippen LogP contribution is -2.38. The molecule has 114 valence electrons. The second kappa shape index (κ2) is 6.01. The minimum Gasteiger partial charge on any atom is -0.476 e. The van der Waals surface area contributed by atoms with Gasteiger partial charge in [0.05, 0.1) is 6.54 Å². The predicted octanol–water partition coefficient (Wildman–Crippen LogP) is 2.08. The van der Waals surface area contributed by atoms with Gasteiger partial charge in [0.2, 0.25) is 0 Å². The molecule has 0 spiro atoms. The molecular weight excluding hydrogens is 290 g/mol. The first-order chi connectivity index (χ1) is 10.1. The molecule has 2 bridgehead atoms. The van der Waals surface area contributed by atoms with E-state index in [0.29, 0.717) is 10.9 Å². The Morgan fingerprint density at radius 1 is 1.33 bits per heavy atom. The summed E-state index contributed by atoms with van der Waals surface area (Å²) in [5.74, 6) is 1.27. The maximum absolute atomic E-state index is 11.8. The van der Waals surface area contributed by atoms with Crippen molar-refractivity contribution >= 4 is 23.3 Å². The third-order valence-corrected chi connectivity index (χ3v) is 5.43. The number of rotatable bonds is 5. The fraction of sp³-hybridized carbons (Fsp3) is 0.643. The monoisotopic (exact) mass is 309 g/mol. The Balaban J connectivity index is 1.39. The lowest BCUT2D eigenvalue weighted by molar-refractivity contribution is 0.0691. The number of hydrogen-bond donors (Lipinski definition) is 3. The standard InChI is InChI=1S/C14H19N3O3S/c18-13(19)11-7-21-12(17-11)6-16-14(20)15-5-10-4-8-1-2-9(10)3-8/h7-10H,1-6H2,(H,18,19)(H2,15,16,20). The summed E-state index contributed by atoms with van der Waals surface area (Å²) in [7, 11) is 0. The molecule has 2 saturated carbocycles. The molecule has 3 N–H and O–H groups in total. The Labute approximate surface area is 127 Å². The number of thiazole rings is 1. The van der Waals surface area contributed by atoms with Gasteiger partial charge in [0.25, 0.3) is 0 Å². The van der Waals surface area contributed by atoms with E-state index in [4.69, 9.17) is 5.11 Å². The number of urea groups is 1. The van der Waals surface area contributed by atoms with Crippen molar-refractivity contribution in [3.63, 3.8) is 0 Å². The molecule has 2 fully saturated rings. The number of carboxylic acids is 1. The molecule has 2 amide bonds. The van der Waals surface area contributed by atoms with Crippen LogP contribution in [0.1, 0.15) is 41.2 Å². The number of nitrogens with one attached hydrogen (secondary N) is 2. The molecule has 0 aromatic carbocycles. The fourth-order valence-electron chi connectivity index (χ4n) is 3.56. The van der Waals surface area contributed by atoms with Crippen molar-refractivity contribution in [1.82, 2.24) is 15.6 Å². The van der Waals surface area contributed by atoms with Crippen LogP contribution in [-0.2, 0) is 6.54 Å². The van der Waals surface area contributed by atoms with E-state index in [1.807, 2.05) is 0 Å². The quantitative estimate of drug-likeness (QED) is 0.776. The average Bonchev–Trinajstić information content (AvgIpc) is 3.18. The van der Waals surface area contributed by atoms with Gasteiger partial charge in [0, 0.05) is 11.9 Å². The van der Waals surface area contributed by atoms with Crippen LogP contribution in [-0.4, -0.2) is 28.6 Å². The highest BCUT2D eigenvalue weighted by atomic mass is 32.1. The van der Waals surface area contributed by atoms with Gasteiger partial charge in [0.1, 0.15) is 5.01 Å². The van der Waals surface area contributed by atoms with Crippen molar-refractivity contribution in [2.24, 2.45) is 17.8 Å². The number of amides is 2. The van der Waals surface area contributed by atoms with Crippen molar-refractivity contribution in [1.29, 1.82) is 0 Å². The van der Waals surface area contributed by atoms with Crippen molar-refractivity contribution in [3.05, 3.63) is 16.1 Å².